The van der Waals surface area contributed by atoms with Crippen molar-refractivity contribution in [2.24, 2.45) is 5.73 Å². The van der Waals surface area contributed by atoms with E-state index >= 15 is 0 Å². The van der Waals surface area contributed by atoms with Crippen LogP contribution in [-0.4, -0.2) is 37.6 Å². The Balaban J connectivity index is 2.18. The maximum absolute atomic E-state index is 6.42. The monoisotopic (exact) mass is 281 g/mol. The first-order valence-corrected chi connectivity index (χ1v) is 7.41. The van der Waals surface area contributed by atoms with Gasteiger partial charge in [0, 0.05) is 31.7 Å². The highest BCUT2D eigenvalue weighted by Crippen LogP contribution is 2.30. The average molecular weight is 282 g/mol. The van der Waals surface area contributed by atoms with Crippen LogP contribution < -0.4 is 10.6 Å². The third-order valence-electron chi connectivity index (χ3n) is 4.09. The van der Waals surface area contributed by atoms with Gasteiger partial charge in [0.1, 0.15) is 0 Å². The first-order valence-electron chi connectivity index (χ1n) is 7.03. The van der Waals surface area contributed by atoms with E-state index in [9.17, 15) is 0 Å². The first kappa shape index (κ1) is 14.6. The number of halogens is 1. The van der Waals surface area contributed by atoms with Crippen LogP contribution in [0.3, 0.4) is 0 Å². The van der Waals surface area contributed by atoms with Crippen molar-refractivity contribution in [3.05, 3.63) is 28.8 Å². The Labute approximate surface area is 121 Å². The number of anilines is 1. The first-order chi connectivity index (χ1) is 9.02. The molecular formula is C15H24ClN3. The number of hydrogen-bond acceptors (Lipinski definition) is 3. The lowest BCUT2D eigenvalue weighted by atomic mass is 10.1. The van der Waals surface area contributed by atoms with E-state index < -0.39 is 0 Å². The molecule has 2 unspecified atom stereocenters. The van der Waals surface area contributed by atoms with E-state index in [-0.39, 0.29) is 6.04 Å². The molecule has 1 aliphatic rings. The lowest BCUT2D eigenvalue weighted by Gasteiger charge is -2.40. The zero-order valence-electron chi connectivity index (χ0n) is 12.1. The van der Waals surface area contributed by atoms with Gasteiger partial charge in [-0.1, -0.05) is 24.6 Å². The van der Waals surface area contributed by atoms with Crippen molar-refractivity contribution in [1.82, 2.24) is 4.90 Å². The zero-order valence-corrected chi connectivity index (χ0v) is 12.8. The summed E-state index contributed by atoms with van der Waals surface area (Å²) in [6, 6.07) is 6.84. The van der Waals surface area contributed by atoms with Crippen LogP contribution in [0.4, 0.5) is 5.69 Å². The van der Waals surface area contributed by atoms with Crippen molar-refractivity contribution >= 4 is 17.3 Å². The van der Waals surface area contributed by atoms with Crippen LogP contribution in [-0.2, 0) is 0 Å². The largest absolute Gasteiger partial charge is 0.367 e. The molecule has 1 aliphatic heterocycles. The molecule has 3 nitrogen and oxygen atoms in total. The third-order valence-corrected chi connectivity index (χ3v) is 4.39. The van der Waals surface area contributed by atoms with E-state index in [1.807, 2.05) is 13.0 Å². The van der Waals surface area contributed by atoms with E-state index in [1.54, 1.807) is 0 Å². The van der Waals surface area contributed by atoms with Crippen molar-refractivity contribution in [3.63, 3.8) is 0 Å². The van der Waals surface area contributed by atoms with Crippen LogP contribution in [0.1, 0.15) is 31.9 Å². The number of hydrogen-bond donors (Lipinski definition) is 1. The van der Waals surface area contributed by atoms with Crippen molar-refractivity contribution in [1.29, 1.82) is 0 Å². The van der Waals surface area contributed by atoms with Crippen LogP contribution in [0.15, 0.2) is 18.2 Å². The molecule has 106 valence electrons. The Bertz CT molecular complexity index is 433. The highest BCUT2D eigenvalue weighted by atomic mass is 35.5. The Hall–Kier alpha value is -0.770. The summed E-state index contributed by atoms with van der Waals surface area (Å²) >= 11 is 6.42. The number of benzene rings is 1. The summed E-state index contributed by atoms with van der Waals surface area (Å²) in [7, 11) is 2.20. The highest BCUT2D eigenvalue weighted by molar-refractivity contribution is 6.33. The molecule has 1 fully saturated rings. The fourth-order valence-corrected chi connectivity index (χ4v) is 2.98. The molecule has 0 saturated carbocycles. The van der Waals surface area contributed by atoms with Gasteiger partial charge in [0.25, 0.3) is 0 Å². The fraction of sp³-hybridized carbons (Fsp3) is 0.600. The molecule has 1 saturated heterocycles. The molecular weight excluding hydrogens is 258 g/mol. The van der Waals surface area contributed by atoms with Gasteiger partial charge in [0.15, 0.2) is 0 Å². The summed E-state index contributed by atoms with van der Waals surface area (Å²) in [5.74, 6) is 0. The minimum Gasteiger partial charge on any atom is -0.367 e. The molecule has 2 atom stereocenters. The highest BCUT2D eigenvalue weighted by Gasteiger charge is 2.24. The molecule has 1 aromatic rings. The topological polar surface area (TPSA) is 32.5 Å². The second kappa shape index (κ2) is 6.12. The fourth-order valence-electron chi connectivity index (χ4n) is 2.67. The SMILES string of the molecule is CCC1CN(c2ccc(C(C)N)cc2Cl)CCN1C. The van der Waals surface area contributed by atoms with Gasteiger partial charge in [-0.15, -0.1) is 0 Å². The molecule has 2 rings (SSSR count). The van der Waals surface area contributed by atoms with Crippen molar-refractivity contribution in [2.45, 2.75) is 32.4 Å². The van der Waals surface area contributed by atoms with E-state index in [4.69, 9.17) is 17.3 Å². The summed E-state index contributed by atoms with van der Waals surface area (Å²) in [6.07, 6.45) is 1.17. The smallest absolute Gasteiger partial charge is 0.0642 e. The Morgan fingerprint density at radius 2 is 2.16 bits per heavy atom. The lowest BCUT2D eigenvalue weighted by molar-refractivity contribution is 0.213. The summed E-state index contributed by atoms with van der Waals surface area (Å²) in [5, 5.41) is 0.814. The van der Waals surface area contributed by atoms with Crippen LogP contribution in [0.2, 0.25) is 5.02 Å². The lowest BCUT2D eigenvalue weighted by Crippen LogP contribution is -2.51. The van der Waals surface area contributed by atoms with Crippen molar-refractivity contribution < 1.29 is 0 Å². The molecule has 4 heteroatoms. The molecule has 0 amide bonds. The Kier molecular flexibility index (Phi) is 4.71. The van der Waals surface area contributed by atoms with E-state index in [1.165, 1.54) is 6.42 Å². The molecule has 0 radical (unpaired) electrons. The maximum Gasteiger partial charge on any atom is 0.0642 e. The van der Waals surface area contributed by atoms with E-state index in [0.717, 1.165) is 35.9 Å². The molecule has 0 spiro atoms. The molecule has 19 heavy (non-hydrogen) atoms. The van der Waals surface area contributed by atoms with Gasteiger partial charge in [0.2, 0.25) is 0 Å². The summed E-state index contributed by atoms with van der Waals surface area (Å²) in [6.45, 7) is 7.39. The Morgan fingerprint density at radius 3 is 2.74 bits per heavy atom. The van der Waals surface area contributed by atoms with Crippen LogP contribution in [0, 0.1) is 0 Å². The minimum absolute atomic E-state index is 0.0300. The number of rotatable bonds is 3. The van der Waals surface area contributed by atoms with Crippen molar-refractivity contribution in [2.75, 3.05) is 31.6 Å². The normalized spacial score (nSPS) is 22.6. The van der Waals surface area contributed by atoms with Gasteiger partial charge in [0.05, 0.1) is 10.7 Å². The molecule has 2 N–H and O–H groups in total. The average Bonchev–Trinajstić information content (AvgIpc) is 2.39. The number of nitrogens with zero attached hydrogens (tertiary/aromatic N) is 2. The van der Waals surface area contributed by atoms with E-state index in [0.29, 0.717) is 6.04 Å². The molecule has 1 heterocycles. The van der Waals surface area contributed by atoms with Crippen LogP contribution >= 0.6 is 11.6 Å². The van der Waals surface area contributed by atoms with Gasteiger partial charge in [-0.3, -0.25) is 4.90 Å². The third kappa shape index (κ3) is 3.22. The second-order valence-electron chi connectivity index (χ2n) is 5.49. The van der Waals surface area contributed by atoms with Gasteiger partial charge in [-0.2, -0.15) is 0 Å². The predicted molar refractivity (Wildman–Crippen MR) is 83.0 cm³/mol. The zero-order chi connectivity index (χ0) is 14.0. The molecule has 1 aromatic carbocycles. The molecule has 0 aromatic heterocycles. The number of nitrogens with two attached hydrogens (primary N) is 1. The molecule has 0 aliphatic carbocycles. The second-order valence-corrected chi connectivity index (χ2v) is 5.90. The maximum atomic E-state index is 6.42. The van der Waals surface area contributed by atoms with Crippen LogP contribution in [0.25, 0.3) is 0 Å². The van der Waals surface area contributed by atoms with Gasteiger partial charge >= 0.3 is 0 Å². The summed E-state index contributed by atoms with van der Waals surface area (Å²) < 4.78 is 0. The molecule has 0 bridgehead atoms. The number of piperazine rings is 1. The quantitative estimate of drug-likeness (QED) is 0.925. The van der Waals surface area contributed by atoms with Crippen molar-refractivity contribution in [3.8, 4) is 0 Å². The predicted octanol–water partition coefficient (Wildman–Crippen LogP) is 2.89. The standard InChI is InChI=1S/C15H24ClN3/c1-4-13-10-19(8-7-18(13)3)15-6-5-12(11(2)17)9-14(15)16/h5-6,9,11,13H,4,7-8,10,17H2,1-3H3. The van der Waals surface area contributed by atoms with Gasteiger partial charge in [-0.25, -0.2) is 0 Å². The summed E-state index contributed by atoms with van der Waals surface area (Å²) in [5.41, 5.74) is 8.12. The van der Waals surface area contributed by atoms with Gasteiger partial charge < -0.3 is 10.6 Å². The number of likely N-dealkylation sites (N-methyl/N-ethyl adjacent to an activating group) is 1. The van der Waals surface area contributed by atoms with E-state index in [2.05, 4.69) is 35.9 Å². The van der Waals surface area contributed by atoms with Crippen LogP contribution in [0.5, 0.6) is 0 Å². The Morgan fingerprint density at radius 1 is 1.42 bits per heavy atom. The summed E-state index contributed by atoms with van der Waals surface area (Å²) in [4.78, 5) is 4.82. The van der Waals surface area contributed by atoms with Gasteiger partial charge in [-0.05, 0) is 38.1 Å². The minimum atomic E-state index is 0.0300.